The number of rotatable bonds is 6. The van der Waals surface area contributed by atoms with Crippen LogP contribution in [0.1, 0.15) is 20.3 Å². The molecule has 0 aromatic carbocycles. The molecule has 2 amide bonds. The topological polar surface area (TPSA) is 75.7 Å². The fourth-order valence-electron chi connectivity index (χ4n) is 0.920. The van der Waals surface area contributed by atoms with E-state index in [-0.39, 0.29) is 37.3 Å². The molecule has 6 heteroatoms. The van der Waals surface area contributed by atoms with E-state index >= 15 is 0 Å². The summed E-state index contributed by atoms with van der Waals surface area (Å²) in [5, 5.41) is 2.52. The highest BCUT2D eigenvalue weighted by Crippen LogP contribution is 1.86. The molecule has 1 N–H and O–H groups in total. The molecule has 92 valence electrons. The van der Waals surface area contributed by atoms with Gasteiger partial charge in [-0.1, -0.05) is 0 Å². The first-order valence-electron chi connectivity index (χ1n) is 5.11. The van der Waals surface area contributed by atoms with Crippen LogP contribution in [0.5, 0.6) is 0 Å². The van der Waals surface area contributed by atoms with Crippen molar-refractivity contribution in [3.8, 4) is 0 Å². The third-order valence-corrected chi connectivity index (χ3v) is 1.87. The Morgan fingerprint density at radius 2 is 1.94 bits per heavy atom. The van der Waals surface area contributed by atoms with Crippen molar-refractivity contribution in [2.45, 2.75) is 20.3 Å². The van der Waals surface area contributed by atoms with Crippen molar-refractivity contribution < 1.29 is 19.1 Å². The lowest BCUT2D eigenvalue weighted by Gasteiger charge is -2.13. The average Bonchev–Trinajstić information content (AvgIpc) is 2.17. The number of esters is 1. The molecule has 0 aliphatic rings. The van der Waals surface area contributed by atoms with E-state index in [0.717, 1.165) is 0 Å². The Morgan fingerprint density at radius 1 is 1.31 bits per heavy atom. The fourth-order valence-corrected chi connectivity index (χ4v) is 0.920. The molecule has 0 rings (SSSR count). The number of amides is 2. The van der Waals surface area contributed by atoms with Gasteiger partial charge in [0.25, 0.3) is 0 Å². The lowest BCUT2D eigenvalue weighted by Crippen LogP contribution is -2.38. The number of ether oxygens (including phenoxy) is 1. The van der Waals surface area contributed by atoms with Crippen molar-refractivity contribution >= 4 is 17.8 Å². The molecule has 0 aliphatic carbocycles. The van der Waals surface area contributed by atoms with Crippen LogP contribution in [0.25, 0.3) is 0 Å². The van der Waals surface area contributed by atoms with E-state index in [4.69, 9.17) is 0 Å². The lowest BCUT2D eigenvalue weighted by atomic mass is 10.4. The van der Waals surface area contributed by atoms with E-state index < -0.39 is 0 Å². The molecule has 0 bridgehead atoms. The van der Waals surface area contributed by atoms with Gasteiger partial charge in [0.1, 0.15) is 0 Å². The van der Waals surface area contributed by atoms with Crippen LogP contribution >= 0.6 is 0 Å². The summed E-state index contributed by atoms with van der Waals surface area (Å²) in [6.45, 7) is 3.66. The maximum Gasteiger partial charge on any atom is 0.307 e. The predicted molar refractivity (Wildman–Crippen MR) is 57.6 cm³/mol. The van der Waals surface area contributed by atoms with E-state index in [9.17, 15) is 14.4 Å². The van der Waals surface area contributed by atoms with Gasteiger partial charge in [0.05, 0.1) is 19.6 Å². The largest absolute Gasteiger partial charge is 0.466 e. The highest BCUT2D eigenvalue weighted by molar-refractivity contribution is 5.83. The Labute approximate surface area is 94.9 Å². The van der Waals surface area contributed by atoms with Crippen LogP contribution in [-0.4, -0.2) is 49.4 Å². The minimum atomic E-state index is -0.345. The van der Waals surface area contributed by atoms with Gasteiger partial charge in [-0.2, -0.15) is 0 Å². The van der Waals surface area contributed by atoms with Crippen LogP contribution in [0.4, 0.5) is 0 Å². The zero-order valence-corrected chi connectivity index (χ0v) is 9.91. The van der Waals surface area contributed by atoms with Crippen LogP contribution < -0.4 is 5.32 Å². The normalized spacial score (nSPS) is 9.44. The molecule has 0 unspecified atom stereocenters. The summed E-state index contributed by atoms with van der Waals surface area (Å²) >= 11 is 0. The Balaban J connectivity index is 3.66. The van der Waals surface area contributed by atoms with Crippen molar-refractivity contribution in [2.75, 3.05) is 26.7 Å². The minimum absolute atomic E-state index is 0.00183. The number of nitrogens with one attached hydrogen (secondary N) is 1. The predicted octanol–water partition coefficient (Wildman–Crippen LogP) is -0.466. The molecule has 0 spiro atoms. The molecule has 0 radical (unpaired) electrons. The second kappa shape index (κ2) is 7.67. The molecule has 0 fully saturated rings. The van der Waals surface area contributed by atoms with Crippen molar-refractivity contribution in [1.29, 1.82) is 0 Å². The smallest absolute Gasteiger partial charge is 0.307 e. The molecule has 0 saturated carbocycles. The average molecular weight is 230 g/mol. The van der Waals surface area contributed by atoms with E-state index in [1.807, 2.05) is 0 Å². The van der Waals surface area contributed by atoms with Crippen LogP contribution in [0.3, 0.4) is 0 Å². The van der Waals surface area contributed by atoms with Gasteiger partial charge in [0.15, 0.2) is 0 Å². The number of likely N-dealkylation sites (N-methyl/N-ethyl adjacent to an activating group) is 1. The lowest BCUT2D eigenvalue weighted by molar-refractivity contribution is -0.143. The zero-order chi connectivity index (χ0) is 12.6. The SMILES string of the molecule is CCOC(=O)CCNC(=O)CN(C)C(C)=O. The summed E-state index contributed by atoms with van der Waals surface area (Å²) in [5.41, 5.74) is 0. The van der Waals surface area contributed by atoms with Crippen molar-refractivity contribution in [3.63, 3.8) is 0 Å². The van der Waals surface area contributed by atoms with Gasteiger partial charge < -0.3 is 15.0 Å². The van der Waals surface area contributed by atoms with Crippen LogP contribution in [0, 0.1) is 0 Å². The highest BCUT2D eigenvalue weighted by atomic mass is 16.5. The number of hydrogen-bond acceptors (Lipinski definition) is 4. The molecule has 0 atom stereocenters. The van der Waals surface area contributed by atoms with Gasteiger partial charge in [-0.15, -0.1) is 0 Å². The number of carbonyl (C=O) groups is 3. The van der Waals surface area contributed by atoms with Crippen molar-refractivity contribution in [1.82, 2.24) is 10.2 Å². The summed E-state index contributed by atoms with van der Waals surface area (Å²) in [4.78, 5) is 34.3. The molecule has 16 heavy (non-hydrogen) atoms. The summed E-state index contributed by atoms with van der Waals surface area (Å²) < 4.78 is 4.69. The van der Waals surface area contributed by atoms with E-state index in [1.54, 1.807) is 6.92 Å². The summed E-state index contributed by atoms with van der Waals surface area (Å²) in [7, 11) is 1.53. The van der Waals surface area contributed by atoms with Gasteiger partial charge in [-0.3, -0.25) is 14.4 Å². The quantitative estimate of drug-likeness (QED) is 0.626. The zero-order valence-electron chi connectivity index (χ0n) is 9.91. The second-order valence-corrected chi connectivity index (χ2v) is 3.28. The summed E-state index contributed by atoms with van der Waals surface area (Å²) in [6, 6.07) is 0. The summed E-state index contributed by atoms with van der Waals surface area (Å²) in [5.74, 6) is -0.815. The fraction of sp³-hybridized carbons (Fsp3) is 0.700. The molecule has 0 aromatic heterocycles. The minimum Gasteiger partial charge on any atom is -0.466 e. The van der Waals surface area contributed by atoms with Crippen molar-refractivity contribution in [2.24, 2.45) is 0 Å². The molecule has 0 aromatic rings. The Hall–Kier alpha value is -1.59. The maximum atomic E-state index is 11.2. The van der Waals surface area contributed by atoms with Gasteiger partial charge >= 0.3 is 5.97 Å². The van der Waals surface area contributed by atoms with E-state index in [1.165, 1.54) is 18.9 Å². The Bertz CT molecular complexity index is 266. The van der Waals surface area contributed by atoms with Gasteiger partial charge in [-0.05, 0) is 6.92 Å². The van der Waals surface area contributed by atoms with E-state index in [2.05, 4.69) is 10.1 Å². The number of carbonyl (C=O) groups excluding carboxylic acids is 3. The van der Waals surface area contributed by atoms with E-state index in [0.29, 0.717) is 6.61 Å². The molecule has 0 saturated heterocycles. The summed E-state index contributed by atoms with van der Waals surface area (Å²) in [6.07, 6.45) is 0.142. The van der Waals surface area contributed by atoms with Crippen LogP contribution in [0.15, 0.2) is 0 Å². The third-order valence-electron chi connectivity index (χ3n) is 1.87. The standard InChI is InChI=1S/C10H18N2O4/c1-4-16-10(15)5-6-11-9(14)7-12(3)8(2)13/h4-7H2,1-3H3,(H,11,14). The molecular weight excluding hydrogens is 212 g/mol. The Kier molecular flexibility index (Phi) is 6.91. The van der Waals surface area contributed by atoms with Gasteiger partial charge in [0.2, 0.25) is 11.8 Å². The Morgan fingerprint density at radius 3 is 2.44 bits per heavy atom. The maximum absolute atomic E-state index is 11.2. The number of hydrogen-bond donors (Lipinski definition) is 1. The first-order chi connectivity index (χ1) is 7.47. The van der Waals surface area contributed by atoms with Crippen molar-refractivity contribution in [3.05, 3.63) is 0 Å². The van der Waals surface area contributed by atoms with Gasteiger partial charge in [-0.25, -0.2) is 0 Å². The first-order valence-corrected chi connectivity index (χ1v) is 5.11. The second-order valence-electron chi connectivity index (χ2n) is 3.28. The number of nitrogens with zero attached hydrogens (tertiary/aromatic N) is 1. The monoisotopic (exact) mass is 230 g/mol. The molecule has 0 aliphatic heterocycles. The van der Waals surface area contributed by atoms with Gasteiger partial charge in [0, 0.05) is 20.5 Å². The van der Waals surface area contributed by atoms with Crippen LogP contribution in [0.2, 0.25) is 0 Å². The molecule has 6 nitrogen and oxygen atoms in total. The molecular formula is C10H18N2O4. The highest BCUT2D eigenvalue weighted by Gasteiger charge is 2.09. The first kappa shape index (κ1) is 14.4. The third kappa shape index (κ3) is 6.80. The van der Waals surface area contributed by atoms with Crippen LogP contribution in [-0.2, 0) is 19.1 Å². The molecule has 0 heterocycles.